The largest absolute Gasteiger partial charge is 0.460 e. The van der Waals surface area contributed by atoms with Crippen molar-refractivity contribution in [1.82, 2.24) is 15.1 Å². The van der Waals surface area contributed by atoms with E-state index in [1.54, 1.807) is 12.1 Å². The topological polar surface area (TPSA) is 116 Å². The molecule has 0 aliphatic carbocycles. The van der Waals surface area contributed by atoms with Crippen LogP contribution >= 0.6 is 0 Å². The van der Waals surface area contributed by atoms with Crippen molar-refractivity contribution in [3.8, 4) is 0 Å². The van der Waals surface area contributed by atoms with Gasteiger partial charge in [-0.25, -0.2) is 0 Å². The Kier molecular flexibility index (Phi) is 8.50. The fourth-order valence-corrected chi connectivity index (χ4v) is 5.24. The molecule has 0 saturated carbocycles. The fourth-order valence-electron chi connectivity index (χ4n) is 5.24. The molecule has 3 heterocycles. The number of piperidine rings is 1. The Morgan fingerprint density at radius 2 is 1.63 bits per heavy atom. The number of anilines is 1. The van der Waals surface area contributed by atoms with Crippen molar-refractivity contribution in [3.63, 3.8) is 0 Å². The zero-order valence-electron chi connectivity index (χ0n) is 22.6. The minimum Gasteiger partial charge on any atom is -0.460 e. The van der Waals surface area contributed by atoms with Crippen molar-refractivity contribution in [2.75, 3.05) is 37.6 Å². The van der Waals surface area contributed by atoms with Crippen molar-refractivity contribution in [2.24, 2.45) is 0 Å². The quantitative estimate of drug-likeness (QED) is 0.296. The number of imide groups is 2. The highest BCUT2D eigenvalue weighted by molar-refractivity contribution is 6.23. The third-order valence-corrected chi connectivity index (χ3v) is 7.19. The average Bonchev–Trinajstić information content (AvgIpc) is 3.10. The van der Waals surface area contributed by atoms with Gasteiger partial charge in [-0.15, -0.1) is 0 Å². The van der Waals surface area contributed by atoms with Gasteiger partial charge < -0.3 is 9.64 Å². The van der Waals surface area contributed by atoms with Crippen LogP contribution < -0.4 is 10.2 Å². The summed E-state index contributed by atoms with van der Waals surface area (Å²) in [7, 11) is 0. The number of nitrogens with zero attached hydrogens (tertiary/aromatic N) is 3. The number of rotatable bonds is 9. The normalized spacial score (nSPS) is 20.6. The lowest BCUT2D eigenvalue weighted by molar-refractivity contribution is -0.155. The summed E-state index contributed by atoms with van der Waals surface area (Å²) in [5.41, 5.74) is 1.07. The molecule has 1 aromatic carbocycles. The summed E-state index contributed by atoms with van der Waals surface area (Å²) in [6.45, 7) is 10.1. The molecule has 2 fully saturated rings. The van der Waals surface area contributed by atoms with Crippen LogP contribution in [-0.4, -0.2) is 83.8 Å². The third kappa shape index (κ3) is 6.59. The Morgan fingerprint density at radius 1 is 0.947 bits per heavy atom. The van der Waals surface area contributed by atoms with E-state index in [9.17, 15) is 24.0 Å². The molecule has 1 atom stereocenters. The summed E-state index contributed by atoms with van der Waals surface area (Å²) < 4.78 is 5.35. The standard InChI is InChI=1S/C28H38N4O6/c1-28(2,3)38-24(34)8-6-4-5-7-13-30-14-16-31(17-15-30)19-9-10-20-21(18-19)27(37)32(26(20)36)22-11-12-23(33)29-25(22)35/h9-10,18,22H,4-8,11-17H2,1-3H3,(H,29,33,35). The van der Waals surface area contributed by atoms with Gasteiger partial charge in [0.25, 0.3) is 11.8 Å². The lowest BCUT2D eigenvalue weighted by Gasteiger charge is -2.36. The smallest absolute Gasteiger partial charge is 0.306 e. The summed E-state index contributed by atoms with van der Waals surface area (Å²) >= 11 is 0. The minimum absolute atomic E-state index is 0.103. The molecule has 0 bridgehead atoms. The Bertz CT molecular complexity index is 1100. The second-order valence-electron chi connectivity index (χ2n) is 11.3. The van der Waals surface area contributed by atoms with Crippen LogP contribution in [-0.2, 0) is 19.1 Å². The summed E-state index contributed by atoms with van der Waals surface area (Å²) in [4.78, 5) is 67.2. The van der Waals surface area contributed by atoms with E-state index in [2.05, 4.69) is 15.1 Å². The number of ether oxygens (including phenoxy) is 1. The number of piperazine rings is 1. The van der Waals surface area contributed by atoms with Gasteiger partial charge in [0, 0.05) is 44.7 Å². The molecule has 4 amide bonds. The number of carbonyl (C=O) groups is 5. The second-order valence-corrected chi connectivity index (χ2v) is 11.3. The second kappa shape index (κ2) is 11.6. The first-order valence-corrected chi connectivity index (χ1v) is 13.6. The number of carbonyl (C=O) groups excluding carboxylic acids is 5. The molecule has 1 aromatic rings. The van der Waals surface area contributed by atoms with E-state index < -0.39 is 29.4 Å². The van der Waals surface area contributed by atoms with Crippen LogP contribution in [0.4, 0.5) is 5.69 Å². The van der Waals surface area contributed by atoms with E-state index >= 15 is 0 Å². The maximum Gasteiger partial charge on any atom is 0.306 e. The molecule has 10 nitrogen and oxygen atoms in total. The van der Waals surface area contributed by atoms with Gasteiger partial charge in [0.1, 0.15) is 11.6 Å². The van der Waals surface area contributed by atoms with Crippen LogP contribution in [0.2, 0.25) is 0 Å². The van der Waals surface area contributed by atoms with Gasteiger partial charge >= 0.3 is 5.97 Å². The van der Waals surface area contributed by atoms with Gasteiger partial charge in [0.15, 0.2) is 0 Å². The molecule has 3 aliphatic rings. The molecule has 0 aromatic heterocycles. The maximum atomic E-state index is 13.1. The van der Waals surface area contributed by atoms with Crippen LogP contribution in [0.25, 0.3) is 0 Å². The van der Waals surface area contributed by atoms with Crippen molar-refractivity contribution in [3.05, 3.63) is 29.3 Å². The molecule has 206 valence electrons. The van der Waals surface area contributed by atoms with E-state index in [1.165, 1.54) is 0 Å². The molecular formula is C28H38N4O6. The Balaban J connectivity index is 1.22. The molecular weight excluding hydrogens is 488 g/mol. The van der Waals surface area contributed by atoms with Gasteiger partial charge in [0.05, 0.1) is 11.1 Å². The van der Waals surface area contributed by atoms with Crippen LogP contribution in [0.5, 0.6) is 0 Å². The number of fused-ring (bicyclic) bond motifs is 1. The summed E-state index contributed by atoms with van der Waals surface area (Å²) in [6, 6.07) is 4.32. The number of amides is 4. The van der Waals surface area contributed by atoms with Crippen molar-refractivity contribution < 1.29 is 28.7 Å². The van der Waals surface area contributed by atoms with E-state index in [1.807, 2.05) is 26.8 Å². The molecule has 38 heavy (non-hydrogen) atoms. The third-order valence-electron chi connectivity index (χ3n) is 7.19. The van der Waals surface area contributed by atoms with Gasteiger partial charge in [-0.05, 0) is 64.8 Å². The monoisotopic (exact) mass is 526 g/mol. The summed E-state index contributed by atoms with van der Waals surface area (Å²) in [5.74, 6) is -2.08. The number of esters is 1. The highest BCUT2D eigenvalue weighted by atomic mass is 16.6. The first kappa shape index (κ1) is 27.8. The van der Waals surface area contributed by atoms with Crippen LogP contribution in [0.1, 0.15) is 86.4 Å². The predicted octanol–water partition coefficient (Wildman–Crippen LogP) is 2.50. The summed E-state index contributed by atoms with van der Waals surface area (Å²) in [6.07, 6.45) is 4.74. The van der Waals surface area contributed by atoms with E-state index in [0.29, 0.717) is 17.5 Å². The van der Waals surface area contributed by atoms with Gasteiger partial charge in [-0.2, -0.15) is 0 Å². The number of hydrogen-bond donors (Lipinski definition) is 1. The molecule has 2 saturated heterocycles. The molecule has 4 rings (SSSR count). The number of unbranched alkanes of at least 4 members (excludes halogenated alkanes) is 3. The highest BCUT2D eigenvalue weighted by Crippen LogP contribution is 2.31. The van der Waals surface area contributed by atoms with Crippen molar-refractivity contribution >= 4 is 35.3 Å². The Morgan fingerprint density at radius 3 is 2.32 bits per heavy atom. The molecule has 3 aliphatic heterocycles. The van der Waals surface area contributed by atoms with Crippen molar-refractivity contribution in [1.29, 1.82) is 0 Å². The van der Waals surface area contributed by atoms with E-state index in [4.69, 9.17) is 4.74 Å². The average molecular weight is 527 g/mol. The lowest BCUT2D eigenvalue weighted by Crippen LogP contribution is -2.54. The SMILES string of the molecule is CC(C)(C)OC(=O)CCCCCCN1CCN(c2ccc3c(c2)C(=O)N(C2CCC(=O)NC2=O)C3=O)CC1. The zero-order chi connectivity index (χ0) is 27.4. The zero-order valence-corrected chi connectivity index (χ0v) is 22.6. The van der Waals surface area contributed by atoms with Gasteiger partial charge in [-0.1, -0.05) is 12.8 Å². The molecule has 1 N–H and O–H groups in total. The van der Waals surface area contributed by atoms with Crippen molar-refractivity contribution in [2.45, 2.75) is 77.4 Å². The van der Waals surface area contributed by atoms with E-state index in [0.717, 1.165) is 69.0 Å². The Hall–Kier alpha value is -3.27. The molecule has 10 heteroatoms. The number of benzene rings is 1. The minimum atomic E-state index is -0.954. The van der Waals surface area contributed by atoms with Gasteiger partial charge in [-0.3, -0.25) is 39.1 Å². The maximum absolute atomic E-state index is 13.1. The van der Waals surface area contributed by atoms with E-state index in [-0.39, 0.29) is 24.7 Å². The fraction of sp³-hybridized carbons (Fsp3) is 0.607. The summed E-state index contributed by atoms with van der Waals surface area (Å²) in [5, 5.41) is 2.22. The number of nitrogens with one attached hydrogen (secondary N) is 1. The molecule has 1 unspecified atom stereocenters. The van der Waals surface area contributed by atoms with Gasteiger partial charge in [0.2, 0.25) is 11.8 Å². The molecule has 0 radical (unpaired) electrons. The van der Waals surface area contributed by atoms with Crippen LogP contribution in [0.3, 0.4) is 0 Å². The predicted molar refractivity (Wildman–Crippen MR) is 141 cm³/mol. The van der Waals surface area contributed by atoms with Crippen LogP contribution in [0, 0.1) is 0 Å². The van der Waals surface area contributed by atoms with Crippen LogP contribution in [0.15, 0.2) is 18.2 Å². The first-order valence-electron chi connectivity index (χ1n) is 13.6. The first-order chi connectivity index (χ1) is 18.0. The lowest BCUT2D eigenvalue weighted by atomic mass is 10.0. The number of hydrogen-bond acceptors (Lipinski definition) is 8. The Labute approximate surface area is 223 Å². The molecule has 0 spiro atoms. The highest BCUT2D eigenvalue weighted by Gasteiger charge is 2.44.